The van der Waals surface area contributed by atoms with Gasteiger partial charge in [-0.2, -0.15) is 0 Å². The molecule has 1 amide bonds. The Balaban J connectivity index is 2.28. The largest absolute Gasteiger partial charge is 0.469 e. The van der Waals surface area contributed by atoms with Gasteiger partial charge in [0.1, 0.15) is 5.60 Å². The van der Waals surface area contributed by atoms with Crippen LogP contribution in [-0.4, -0.2) is 37.4 Å². The van der Waals surface area contributed by atoms with Crippen molar-refractivity contribution in [2.75, 3.05) is 13.7 Å². The lowest BCUT2D eigenvalue weighted by Crippen LogP contribution is -2.42. The molecule has 0 bridgehead atoms. The number of nitrogens with one attached hydrogen (secondary N) is 2. The van der Waals surface area contributed by atoms with Crippen molar-refractivity contribution in [3.05, 3.63) is 21.9 Å². The monoisotopic (exact) mass is 342 g/mol. The first-order valence-corrected chi connectivity index (χ1v) is 8.36. The van der Waals surface area contributed by atoms with Gasteiger partial charge in [0.05, 0.1) is 13.5 Å². The standard InChI is InChI=1S/C16H26N2O4S/c1-11(18-15(20)22-16(2,3)4)9-17-10-13-7-6-12(23-13)8-14(19)21-5/h6-7,11,17H,8-10H2,1-5H3,(H,18,20). The van der Waals surface area contributed by atoms with Crippen LogP contribution in [-0.2, 0) is 27.2 Å². The summed E-state index contributed by atoms with van der Waals surface area (Å²) >= 11 is 1.57. The van der Waals surface area contributed by atoms with Gasteiger partial charge in [0.25, 0.3) is 0 Å². The highest BCUT2D eigenvalue weighted by Crippen LogP contribution is 2.17. The molecule has 1 unspecified atom stereocenters. The number of esters is 1. The number of amides is 1. The number of thiophene rings is 1. The number of ether oxygens (including phenoxy) is 2. The van der Waals surface area contributed by atoms with Gasteiger partial charge in [-0.05, 0) is 39.8 Å². The molecule has 0 aliphatic carbocycles. The second-order valence-corrected chi connectivity index (χ2v) is 7.55. The second-order valence-electron chi connectivity index (χ2n) is 6.30. The van der Waals surface area contributed by atoms with Crippen LogP contribution in [0.4, 0.5) is 4.79 Å². The van der Waals surface area contributed by atoms with Gasteiger partial charge in [-0.3, -0.25) is 4.79 Å². The molecule has 130 valence electrons. The third-order valence-corrected chi connectivity index (χ3v) is 3.86. The maximum Gasteiger partial charge on any atom is 0.407 e. The van der Waals surface area contributed by atoms with E-state index in [1.807, 2.05) is 39.8 Å². The highest BCUT2D eigenvalue weighted by Gasteiger charge is 2.17. The number of rotatable bonds is 7. The summed E-state index contributed by atoms with van der Waals surface area (Å²) in [6.07, 6.45) is -0.110. The molecule has 1 aromatic rings. The van der Waals surface area contributed by atoms with E-state index in [1.165, 1.54) is 7.11 Å². The summed E-state index contributed by atoms with van der Waals surface area (Å²) in [6, 6.07) is 3.88. The van der Waals surface area contributed by atoms with Crippen LogP contribution >= 0.6 is 11.3 Å². The molecule has 2 N–H and O–H groups in total. The first kappa shape index (κ1) is 19.4. The summed E-state index contributed by atoms with van der Waals surface area (Å²) in [5.74, 6) is -0.235. The molecule has 1 aromatic heterocycles. The van der Waals surface area contributed by atoms with Crippen LogP contribution in [0.3, 0.4) is 0 Å². The number of carbonyl (C=O) groups excluding carboxylic acids is 2. The van der Waals surface area contributed by atoms with Crippen LogP contribution < -0.4 is 10.6 Å². The second kappa shape index (κ2) is 8.88. The van der Waals surface area contributed by atoms with Gasteiger partial charge in [0, 0.05) is 28.9 Å². The van der Waals surface area contributed by atoms with E-state index in [0.717, 1.165) is 9.75 Å². The van der Waals surface area contributed by atoms with Crippen LogP contribution in [0.25, 0.3) is 0 Å². The molecule has 6 nitrogen and oxygen atoms in total. The first-order valence-electron chi connectivity index (χ1n) is 7.54. The maximum absolute atomic E-state index is 11.6. The van der Waals surface area contributed by atoms with Crippen molar-refractivity contribution in [2.24, 2.45) is 0 Å². The minimum atomic E-state index is -0.496. The van der Waals surface area contributed by atoms with E-state index in [0.29, 0.717) is 19.5 Å². The zero-order valence-electron chi connectivity index (χ0n) is 14.4. The molecule has 23 heavy (non-hydrogen) atoms. The Hall–Kier alpha value is -1.60. The van der Waals surface area contributed by atoms with Gasteiger partial charge in [0.2, 0.25) is 0 Å². The molecular formula is C16H26N2O4S. The lowest BCUT2D eigenvalue weighted by atomic mass is 10.2. The van der Waals surface area contributed by atoms with E-state index in [4.69, 9.17) is 4.74 Å². The fourth-order valence-electron chi connectivity index (χ4n) is 1.80. The fourth-order valence-corrected chi connectivity index (χ4v) is 2.77. The lowest BCUT2D eigenvalue weighted by molar-refractivity contribution is -0.139. The number of methoxy groups -OCH3 is 1. The third-order valence-electron chi connectivity index (χ3n) is 2.78. The van der Waals surface area contributed by atoms with Gasteiger partial charge in [0.15, 0.2) is 0 Å². The van der Waals surface area contributed by atoms with Crippen LogP contribution in [0, 0.1) is 0 Å². The Morgan fingerprint density at radius 2 is 1.91 bits per heavy atom. The van der Waals surface area contributed by atoms with Crippen LogP contribution in [0.15, 0.2) is 12.1 Å². The number of alkyl carbamates (subject to hydrolysis) is 1. The minimum Gasteiger partial charge on any atom is -0.469 e. The molecule has 0 saturated carbocycles. The summed E-state index contributed by atoms with van der Waals surface area (Å²) in [7, 11) is 1.39. The number of carbonyl (C=O) groups is 2. The Kier molecular flexibility index (Phi) is 7.51. The molecule has 0 aliphatic heterocycles. The third kappa shape index (κ3) is 8.56. The molecule has 0 fully saturated rings. The molecule has 1 heterocycles. The van der Waals surface area contributed by atoms with E-state index < -0.39 is 11.7 Å². The van der Waals surface area contributed by atoms with Crippen molar-refractivity contribution in [2.45, 2.75) is 52.3 Å². The minimum absolute atomic E-state index is 0.0423. The molecule has 0 spiro atoms. The molecular weight excluding hydrogens is 316 g/mol. The van der Waals surface area contributed by atoms with Crippen molar-refractivity contribution in [3.63, 3.8) is 0 Å². The van der Waals surface area contributed by atoms with E-state index in [-0.39, 0.29) is 12.0 Å². The Morgan fingerprint density at radius 1 is 1.26 bits per heavy atom. The summed E-state index contributed by atoms with van der Waals surface area (Å²) in [6.45, 7) is 8.72. The summed E-state index contributed by atoms with van der Waals surface area (Å²) in [5, 5.41) is 6.05. The number of hydrogen-bond donors (Lipinski definition) is 2. The molecule has 0 aliphatic rings. The van der Waals surface area contributed by atoms with Gasteiger partial charge in [-0.15, -0.1) is 11.3 Å². The summed E-state index contributed by atoms with van der Waals surface area (Å²) in [4.78, 5) is 25.0. The van der Waals surface area contributed by atoms with Crippen LogP contribution in [0.2, 0.25) is 0 Å². The van der Waals surface area contributed by atoms with E-state index in [2.05, 4.69) is 15.4 Å². The molecule has 0 radical (unpaired) electrons. The summed E-state index contributed by atoms with van der Waals surface area (Å²) in [5.41, 5.74) is -0.496. The Morgan fingerprint density at radius 3 is 2.52 bits per heavy atom. The Labute approximate surface area is 141 Å². The molecule has 0 saturated heterocycles. The molecule has 7 heteroatoms. The van der Waals surface area contributed by atoms with Crippen molar-refractivity contribution in [1.82, 2.24) is 10.6 Å². The van der Waals surface area contributed by atoms with E-state index >= 15 is 0 Å². The predicted molar refractivity (Wildman–Crippen MR) is 90.6 cm³/mol. The van der Waals surface area contributed by atoms with Gasteiger partial charge in [-0.25, -0.2) is 4.79 Å². The van der Waals surface area contributed by atoms with Crippen LogP contribution in [0.1, 0.15) is 37.4 Å². The summed E-state index contributed by atoms with van der Waals surface area (Å²) < 4.78 is 9.85. The topological polar surface area (TPSA) is 76.7 Å². The fraction of sp³-hybridized carbons (Fsp3) is 0.625. The van der Waals surface area contributed by atoms with E-state index in [1.54, 1.807) is 11.3 Å². The Bertz CT molecular complexity index is 522. The smallest absolute Gasteiger partial charge is 0.407 e. The highest BCUT2D eigenvalue weighted by molar-refractivity contribution is 7.12. The number of hydrogen-bond acceptors (Lipinski definition) is 6. The molecule has 1 rings (SSSR count). The normalized spacial score (nSPS) is 12.6. The van der Waals surface area contributed by atoms with Crippen molar-refractivity contribution < 1.29 is 19.1 Å². The van der Waals surface area contributed by atoms with Gasteiger partial charge >= 0.3 is 12.1 Å². The van der Waals surface area contributed by atoms with Crippen molar-refractivity contribution in [1.29, 1.82) is 0 Å². The van der Waals surface area contributed by atoms with Gasteiger partial charge < -0.3 is 20.1 Å². The molecule has 1 atom stereocenters. The quantitative estimate of drug-likeness (QED) is 0.745. The highest BCUT2D eigenvalue weighted by atomic mass is 32.1. The SMILES string of the molecule is COC(=O)Cc1ccc(CNCC(C)NC(=O)OC(C)(C)C)s1. The van der Waals surface area contributed by atoms with Crippen molar-refractivity contribution >= 4 is 23.4 Å². The predicted octanol–water partition coefficient (Wildman–Crippen LogP) is 2.47. The maximum atomic E-state index is 11.6. The van der Waals surface area contributed by atoms with E-state index in [9.17, 15) is 9.59 Å². The van der Waals surface area contributed by atoms with Crippen molar-refractivity contribution in [3.8, 4) is 0 Å². The lowest BCUT2D eigenvalue weighted by Gasteiger charge is -2.22. The average Bonchev–Trinajstić information content (AvgIpc) is 2.83. The van der Waals surface area contributed by atoms with Crippen LogP contribution in [0.5, 0.6) is 0 Å². The first-order chi connectivity index (χ1) is 10.7. The average molecular weight is 342 g/mol. The zero-order chi connectivity index (χ0) is 17.5. The van der Waals surface area contributed by atoms with Gasteiger partial charge in [-0.1, -0.05) is 0 Å². The zero-order valence-corrected chi connectivity index (χ0v) is 15.2. The molecule has 0 aromatic carbocycles.